The molecule has 0 radical (unpaired) electrons. The highest BCUT2D eigenvalue weighted by atomic mass is 16.1. The number of hydrogen-bond donors (Lipinski definition) is 2. The van der Waals surface area contributed by atoms with E-state index in [-0.39, 0.29) is 24.5 Å². The Bertz CT molecular complexity index is 2000. The molecule has 0 fully saturated rings. The lowest BCUT2D eigenvalue weighted by molar-refractivity contribution is 0.650. The van der Waals surface area contributed by atoms with E-state index in [4.69, 9.17) is 21.5 Å². The lowest BCUT2D eigenvalue weighted by Crippen LogP contribution is -2.27. The molecule has 4 N–H and O–H groups in total. The molecule has 39 heavy (non-hydrogen) atoms. The molecule has 0 unspecified atom stereocenters. The van der Waals surface area contributed by atoms with Crippen molar-refractivity contribution in [1.29, 1.82) is 5.26 Å². The average molecular weight is 514 g/mol. The van der Waals surface area contributed by atoms with Crippen molar-refractivity contribution in [3.63, 3.8) is 0 Å². The maximum absolute atomic E-state index is 14.0. The van der Waals surface area contributed by atoms with Gasteiger partial charge in [-0.2, -0.15) is 10.4 Å². The molecule has 0 amide bonds. The van der Waals surface area contributed by atoms with Gasteiger partial charge in [-0.05, 0) is 42.3 Å². The maximum atomic E-state index is 14.0. The molecule has 3 heterocycles. The summed E-state index contributed by atoms with van der Waals surface area (Å²) < 4.78 is 3.26. The van der Waals surface area contributed by atoms with E-state index in [0.717, 1.165) is 11.1 Å². The molecular weight excluding hydrogens is 490 g/mol. The average Bonchev–Trinajstić information content (AvgIpc) is 3.32. The first-order valence-electron chi connectivity index (χ1n) is 12.3. The van der Waals surface area contributed by atoms with Gasteiger partial charge in [-0.25, -0.2) is 19.6 Å². The van der Waals surface area contributed by atoms with Crippen molar-refractivity contribution in [3.8, 4) is 23.0 Å². The first-order valence-corrected chi connectivity index (χ1v) is 12.3. The van der Waals surface area contributed by atoms with Crippen molar-refractivity contribution in [3.05, 3.63) is 106 Å². The van der Waals surface area contributed by atoms with Gasteiger partial charge in [-0.1, -0.05) is 42.5 Å². The Morgan fingerprint density at radius 2 is 1.82 bits per heavy atom. The highest BCUT2D eigenvalue weighted by Crippen LogP contribution is 2.31. The quantitative estimate of drug-likeness (QED) is 0.355. The molecule has 0 aliphatic carbocycles. The Kier molecular flexibility index (Phi) is 5.83. The lowest BCUT2D eigenvalue weighted by Gasteiger charge is -2.17. The third-order valence-corrected chi connectivity index (χ3v) is 6.74. The van der Waals surface area contributed by atoms with E-state index in [1.54, 1.807) is 27.4 Å². The number of anilines is 1. The van der Waals surface area contributed by atoms with Crippen LogP contribution in [0.15, 0.2) is 77.9 Å². The Morgan fingerprint density at radius 1 is 1.00 bits per heavy atom. The molecule has 10 heteroatoms. The molecule has 6 aromatic rings. The maximum Gasteiger partial charge on any atom is 0.266 e. The second kappa shape index (κ2) is 9.48. The summed E-state index contributed by atoms with van der Waals surface area (Å²) in [6, 6.07) is 22.4. The van der Waals surface area contributed by atoms with Gasteiger partial charge in [0.15, 0.2) is 5.65 Å². The molecule has 0 saturated carbocycles. The highest BCUT2D eigenvalue weighted by Gasteiger charge is 2.21. The van der Waals surface area contributed by atoms with Gasteiger partial charge in [0.25, 0.3) is 5.56 Å². The first-order chi connectivity index (χ1) is 19.0. The predicted molar refractivity (Wildman–Crippen MR) is 149 cm³/mol. The molecule has 10 nitrogen and oxygen atoms in total. The Hall–Kier alpha value is -5.40. The minimum Gasteiger partial charge on any atom is -0.383 e. The number of nitrogen functional groups attached to an aromatic ring is 1. The van der Waals surface area contributed by atoms with Crippen LogP contribution >= 0.6 is 0 Å². The summed E-state index contributed by atoms with van der Waals surface area (Å²) >= 11 is 0. The van der Waals surface area contributed by atoms with Crippen molar-refractivity contribution in [2.24, 2.45) is 5.73 Å². The number of aryl methyl sites for hydroxylation is 1. The SMILES string of the molecule is Cc1cccc2nc(Cn3nc(-c4cccc(C#N)c4)c4c(N)ncnc43)n(-c3ccccc3CN)c(=O)c12. The number of rotatable bonds is 5. The van der Waals surface area contributed by atoms with Gasteiger partial charge in [-0.15, -0.1) is 0 Å². The van der Waals surface area contributed by atoms with Crippen molar-refractivity contribution >= 4 is 27.8 Å². The normalized spacial score (nSPS) is 11.2. The van der Waals surface area contributed by atoms with Gasteiger partial charge < -0.3 is 11.5 Å². The number of para-hydroxylation sites is 1. The Balaban J connectivity index is 1.63. The van der Waals surface area contributed by atoms with Crippen LogP contribution in [0.4, 0.5) is 5.82 Å². The van der Waals surface area contributed by atoms with Crippen LogP contribution in [0.1, 0.15) is 22.5 Å². The van der Waals surface area contributed by atoms with Crippen LogP contribution < -0.4 is 17.0 Å². The number of fused-ring (bicyclic) bond motifs is 2. The molecule has 0 spiro atoms. The van der Waals surface area contributed by atoms with Crippen LogP contribution in [0.3, 0.4) is 0 Å². The van der Waals surface area contributed by atoms with E-state index in [0.29, 0.717) is 50.3 Å². The highest BCUT2D eigenvalue weighted by molar-refractivity contribution is 5.98. The predicted octanol–water partition coefficient (Wildman–Crippen LogP) is 3.46. The molecule has 6 rings (SSSR count). The standard InChI is InChI=1S/C29H23N9O/c1-17-6-4-10-21-24(17)29(39)38(22-11-3-2-8-20(22)14-31)23(35-21)15-37-28-25(27(32)33-16-34-28)26(36-37)19-9-5-7-18(12-19)13-30/h2-12,16H,14-15,31H2,1H3,(H2,32,33,34). The van der Waals surface area contributed by atoms with Gasteiger partial charge in [0, 0.05) is 12.1 Å². The van der Waals surface area contributed by atoms with Crippen LogP contribution in [-0.2, 0) is 13.1 Å². The smallest absolute Gasteiger partial charge is 0.266 e. The van der Waals surface area contributed by atoms with Crippen LogP contribution in [0, 0.1) is 18.3 Å². The summed E-state index contributed by atoms with van der Waals surface area (Å²) in [4.78, 5) is 27.6. The van der Waals surface area contributed by atoms with Crippen molar-refractivity contribution in [2.45, 2.75) is 20.0 Å². The third-order valence-electron chi connectivity index (χ3n) is 6.74. The number of nitrogens with zero attached hydrogens (tertiary/aromatic N) is 7. The third kappa shape index (κ3) is 3.98. The van der Waals surface area contributed by atoms with Crippen molar-refractivity contribution in [1.82, 2.24) is 29.3 Å². The Labute approximate surface area is 222 Å². The van der Waals surface area contributed by atoms with Crippen LogP contribution in [-0.4, -0.2) is 29.3 Å². The number of hydrogen-bond acceptors (Lipinski definition) is 8. The van der Waals surface area contributed by atoms with Gasteiger partial charge >= 0.3 is 0 Å². The summed E-state index contributed by atoms with van der Waals surface area (Å²) in [7, 11) is 0. The van der Waals surface area contributed by atoms with E-state index < -0.39 is 0 Å². The second-order valence-electron chi connectivity index (χ2n) is 9.13. The summed E-state index contributed by atoms with van der Waals surface area (Å²) in [6.45, 7) is 2.26. The first kappa shape index (κ1) is 24.0. The largest absolute Gasteiger partial charge is 0.383 e. The summed E-state index contributed by atoms with van der Waals surface area (Å²) in [5, 5.41) is 15.4. The summed E-state index contributed by atoms with van der Waals surface area (Å²) in [5.41, 5.74) is 17.3. The minimum absolute atomic E-state index is 0.114. The van der Waals surface area contributed by atoms with Crippen molar-refractivity contribution in [2.75, 3.05) is 5.73 Å². The zero-order valence-electron chi connectivity index (χ0n) is 21.0. The van der Waals surface area contributed by atoms with E-state index in [1.165, 1.54) is 6.33 Å². The van der Waals surface area contributed by atoms with Gasteiger partial charge in [0.05, 0.1) is 33.6 Å². The topological polar surface area (TPSA) is 154 Å². The molecule has 3 aromatic heterocycles. The number of aromatic nitrogens is 6. The molecule has 0 aliphatic heterocycles. The zero-order valence-corrected chi connectivity index (χ0v) is 21.0. The zero-order chi connectivity index (χ0) is 27.1. The molecule has 0 aliphatic rings. The fourth-order valence-electron chi connectivity index (χ4n) is 4.91. The van der Waals surface area contributed by atoms with Gasteiger partial charge in [-0.3, -0.25) is 9.36 Å². The van der Waals surface area contributed by atoms with Gasteiger partial charge in [0.2, 0.25) is 0 Å². The molecular formula is C29H23N9O. The molecule has 190 valence electrons. The van der Waals surface area contributed by atoms with E-state index in [1.807, 2.05) is 55.5 Å². The van der Waals surface area contributed by atoms with Crippen LogP contribution in [0.25, 0.3) is 38.9 Å². The summed E-state index contributed by atoms with van der Waals surface area (Å²) in [6.07, 6.45) is 1.37. The van der Waals surface area contributed by atoms with E-state index in [2.05, 4.69) is 16.0 Å². The lowest BCUT2D eigenvalue weighted by atomic mass is 10.1. The van der Waals surface area contributed by atoms with E-state index in [9.17, 15) is 10.1 Å². The second-order valence-corrected chi connectivity index (χ2v) is 9.13. The van der Waals surface area contributed by atoms with Crippen LogP contribution in [0.5, 0.6) is 0 Å². The molecule has 0 atom stereocenters. The fraction of sp³-hybridized carbons (Fsp3) is 0.103. The van der Waals surface area contributed by atoms with Crippen molar-refractivity contribution < 1.29 is 0 Å². The molecule has 0 saturated heterocycles. The fourth-order valence-corrected chi connectivity index (χ4v) is 4.91. The summed E-state index contributed by atoms with van der Waals surface area (Å²) in [5.74, 6) is 0.717. The molecule has 3 aromatic carbocycles. The monoisotopic (exact) mass is 513 g/mol. The minimum atomic E-state index is -0.193. The number of nitriles is 1. The van der Waals surface area contributed by atoms with E-state index >= 15 is 0 Å². The van der Waals surface area contributed by atoms with Gasteiger partial charge in [0.1, 0.15) is 30.2 Å². The molecule has 0 bridgehead atoms. The Morgan fingerprint density at radius 3 is 2.64 bits per heavy atom. The number of benzene rings is 3. The number of nitrogens with two attached hydrogens (primary N) is 2. The van der Waals surface area contributed by atoms with Crippen LogP contribution in [0.2, 0.25) is 0 Å².